The molecule has 0 heterocycles. The second-order valence-electron chi connectivity index (χ2n) is 2.42. The van der Waals surface area contributed by atoms with Crippen LogP contribution in [0.1, 0.15) is 11.7 Å². The van der Waals surface area contributed by atoms with Crippen LogP contribution in [0, 0.1) is 0 Å². The topological polar surface area (TPSA) is 46.2 Å². The fourth-order valence-electron chi connectivity index (χ4n) is 0.899. The highest BCUT2D eigenvalue weighted by atomic mass is 79.9. The van der Waals surface area contributed by atoms with Crippen LogP contribution in [0.15, 0.2) is 22.7 Å². The van der Waals surface area contributed by atoms with Crippen LogP contribution >= 0.6 is 27.5 Å². The Balaban J connectivity index is 3.01. The molecule has 0 bridgehead atoms. The Labute approximate surface area is 84.5 Å². The lowest BCUT2D eigenvalue weighted by atomic mass is 10.1. The van der Waals surface area contributed by atoms with E-state index in [4.69, 9.17) is 17.3 Å². The first kappa shape index (κ1) is 9.99. The molecule has 66 valence electrons. The lowest BCUT2D eigenvalue weighted by molar-refractivity contribution is 0.186. The molecule has 2 nitrogen and oxygen atoms in total. The monoisotopic (exact) mass is 249 g/mol. The van der Waals surface area contributed by atoms with Crippen molar-refractivity contribution >= 4 is 27.5 Å². The van der Waals surface area contributed by atoms with E-state index in [2.05, 4.69) is 15.9 Å². The van der Waals surface area contributed by atoms with Crippen LogP contribution in [-0.4, -0.2) is 11.7 Å². The first-order valence-corrected chi connectivity index (χ1v) is 4.65. The SMILES string of the molecule is NC[C@@H](O)c1ccc(Cl)cc1Br. The van der Waals surface area contributed by atoms with Gasteiger partial charge in [0.1, 0.15) is 0 Å². The van der Waals surface area contributed by atoms with Gasteiger partial charge in [0.15, 0.2) is 0 Å². The van der Waals surface area contributed by atoms with Gasteiger partial charge in [-0.15, -0.1) is 0 Å². The molecule has 1 aromatic rings. The fourth-order valence-corrected chi connectivity index (χ4v) is 1.85. The molecule has 0 fully saturated rings. The average Bonchev–Trinajstić information content (AvgIpc) is 2.03. The molecule has 4 heteroatoms. The van der Waals surface area contributed by atoms with Crippen LogP contribution < -0.4 is 5.73 Å². The lowest BCUT2D eigenvalue weighted by Crippen LogP contribution is -2.11. The van der Waals surface area contributed by atoms with Gasteiger partial charge in [-0.25, -0.2) is 0 Å². The molecule has 0 spiro atoms. The summed E-state index contributed by atoms with van der Waals surface area (Å²) in [7, 11) is 0. The summed E-state index contributed by atoms with van der Waals surface area (Å²) in [5.41, 5.74) is 6.07. The van der Waals surface area contributed by atoms with Gasteiger partial charge in [-0.3, -0.25) is 0 Å². The number of rotatable bonds is 2. The van der Waals surface area contributed by atoms with E-state index >= 15 is 0 Å². The summed E-state index contributed by atoms with van der Waals surface area (Å²) < 4.78 is 0.785. The zero-order valence-electron chi connectivity index (χ0n) is 6.30. The van der Waals surface area contributed by atoms with E-state index in [0.29, 0.717) is 5.02 Å². The van der Waals surface area contributed by atoms with E-state index in [1.165, 1.54) is 0 Å². The van der Waals surface area contributed by atoms with Crippen LogP contribution in [0.25, 0.3) is 0 Å². The van der Waals surface area contributed by atoms with Gasteiger partial charge in [0, 0.05) is 16.0 Å². The predicted molar refractivity (Wildman–Crippen MR) is 53.2 cm³/mol. The highest BCUT2D eigenvalue weighted by molar-refractivity contribution is 9.10. The first-order valence-electron chi connectivity index (χ1n) is 3.48. The van der Waals surface area contributed by atoms with Crippen molar-refractivity contribution in [1.82, 2.24) is 0 Å². The number of halogens is 2. The molecule has 0 saturated carbocycles. The molecular formula is C8H9BrClNO. The van der Waals surface area contributed by atoms with Crippen molar-refractivity contribution in [3.63, 3.8) is 0 Å². The third kappa shape index (κ3) is 2.20. The summed E-state index contributed by atoms with van der Waals surface area (Å²) in [5, 5.41) is 10.0. The highest BCUT2D eigenvalue weighted by Gasteiger charge is 2.08. The Morgan fingerprint density at radius 1 is 1.58 bits per heavy atom. The van der Waals surface area contributed by atoms with Gasteiger partial charge in [0.25, 0.3) is 0 Å². The molecule has 1 aromatic carbocycles. The van der Waals surface area contributed by atoms with Gasteiger partial charge in [-0.1, -0.05) is 33.6 Å². The van der Waals surface area contributed by atoms with Gasteiger partial charge in [-0.05, 0) is 17.7 Å². The largest absolute Gasteiger partial charge is 0.387 e. The number of benzene rings is 1. The van der Waals surface area contributed by atoms with Crippen molar-refractivity contribution in [3.8, 4) is 0 Å². The number of nitrogens with two attached hydrogens (primary N) is 1. The van der Waals surface area contributed by atoms with Gasteiger partial charge < -0.3 is 10.8 Å². The minimum atomic E-state index is -0.628. The maximum atomic E-state index is 9.40. The number of hydrogen-bond donors (Lipinski definition) is 2. The maximum absolute atomic E-state index is 9.40. The molecule has 0 unspecified atom stereocenters. The normalized spacial score (nSPS) is 13.0. The van der Waals surface area contributed by atoms with Gasteiger partial charge in [0.2, 0.25) is 0 Å². The Bertz CT molecular complexity index is 280. The Morgan fingerprint density at radius 3 is 2.75 bits per heavy atom. The minimum absolute atomic E-state index is 0.209. The van der Waals surface area contributed by atoms with E-state index in [-0.39, 0.29) is 6.54 Å². The summed E-state index contributed by atoms with van der Waals surface area (Å²) in [6.07, 6.45) is -0.628. The van der Waals surface area contributed by atoms with Crippen molar-refractivity contribution in [2.24, 2.45) is 5.73 Å². The second-order valence-corrected chi connectivity index (χ2v) is 3.71. The molecule has 0 aliphatic heterocycles. The van der Waals surface area contributed by atoms with Crippen LogP contribution in [0.3, 0.4) is 0 Å². The molecule has 0 radical (unpaired) electrons. The zero-order valence-corrected chi connectivity index (χ0v) is 8.64. The van der Waals surface area contributed by atoms with Crippen molar-refractivity contribution in [3.05, 3.63) is 33.3 Å². The lowest BCUT2D eigenvalue weighted by Gasteiger charge is -2.09. The molecule has 0 saturated heterocycles. The molecular weight excluding hydrogens is 241 g/mol. The summed E-state index contributed by atoms with van der Waals surface area (Å²) in [6.45, 7) is 0.209. The van der Waals surface area contributed by atoms with Crippen LogP contribution in [0.2, 0.25) is 5.02 Å². The third-order valence-electron chi connectivity index (χ3n) is 1.54. The van der Waals surface area contributed by atoms with E-state index < -0.39 is 6.10 Å². The van der Waals surface area contributed by atoms with Crippen LogP contribution in [0.5, 0.6) is 0 Å². The van der Waals surface area contributed by atoms with E-state index in [1.807, 2.05) is 0 Å². The average molecular weight is 251 g/mol. The van der Waals surface area contributed by atoms with E-state index in [1.54, 1.807) is 18.2 Å². The fraction of sp³-hybridized carbons (Fsp3) is 0.250. The van der Waals surface area contributed by atoms with Gasteiger partial charge in [-0.2, -0.15) is 0 Å². The van der Waals surface area contributed by atoms with E-state index in [9.17, 15) is 5.11 Å². The molecule has 0 amide bonds. The van der Waals surface area contributed by atoms with Crippen molar-refractivity contribution in [2.45, 2.75) is 6.10 Å². The molecule has 12 heavy (non-hydrogen) atoms. The smallest absolute Gasteiger partial charge is 0.0923 e. The van der Waals surface area contributed by atoms with Crippen LogP contribution in [-0.2, 0) is 0 Å². The molecule has 1 atom stereocenters. The summed E-state index contributed by atoms with van der Waals surface area (Å²) in [5.74, 6) is 0. The molecule has 1 rings (SSSR count). The van der Waals surface area contributed by atoms with Crippen molar-refractivity contribution in [1.29, 1.82) is 0 Å². The first-order chi connectivity index (χ1) is 5.65. The van der Waals surface area contributed by atoms with Gasteiger partial charge in [0.05, 0.1) is 6.10 Å². The maximum Gasteiger partial charge on any atom is 0.0923 e. The Morgan fingerprint density at radius 2 is 2.25 bits per heavy atom. The molecule has 3 N–H and O–H groups in total. The number of aliphatic hydroxyl groups excluding tert-OH is 1. The van der Waals surface area contributed by atoms with Crippen molar-refractivity contribution < 1.29 is 5.11 Å². The van der Waals surface area contributed by atoms with Gasteiger partial charge >= 0.3 is 0 Å². The Hall–Kier alpha value is -0.0900. The second kappa shape index (κ2) is 4.23. The summed E-state index contributed by atoms with van der Waals surface area (Å²) in [6, 6.07) is 5.21. The molecule has 0 aliphatic rings. The quantitative estimate of drug-likeness (QED) is 0.844. The summed E-state index contributed by atoms with van der Waals surface area (Å²) in [4.78, 5) is 0. The number of hydrogen-bond acceptors (Lipinski definition) is 2. The molecule has 0 aliphatic carbocycles. The third-order valence-corrected chi connectivity index (χ3v) is 2.47. The zero-order chi connectivity index (χ0) is 9.14. The van der Waals surface area contributed by atoms with E-state index in [0.717, 1.165) is 10.0 Å². The standard InChI is InChI=1S/C8H9BrClNO/c9-7-3-5(10)1-2-6(7)8(12)4-11/h1-3,8,12H,4,11H2/t8-/m1/s1. The Kier molecular flexibility index (Phi) is 3.53. The number of aliphatic hydroxyl groups is 1. The molecule has 0 aromatic heterocycles. The predicted octanol–water partition coefficient (Wildman–Crippen LogP) is 2.09. The summed E-state index contributed by atoms with van der Waals surface area (Å²) >= 11 is 9.01. The van der Waals surface area contributed by atoms with Crippen LogP contribution in [0.4, 0.5) is 0 Å². The highest BCUT2D eigenvalue weighted by Crippen LogP contribution is 2.25. The minimum Gasteiger partial charge on any atom is -0.387 e. The van der Waals surface area contributed by atoms with Crippen molar-refractivity contribution in [2.75, 3.05) is 6.54 Å².